The Morgan fingerprint density at radius 2 is 1.84 bits per heavy atom. The summed E-state index contributed by atoms with van der Waals surface area (Å²) in [5.41, 5.74) is 1.18. The van der Waals surface area contributed by atoms with Crippen LogP contribution < -0.4 is 14.8 Å². The Labute approximate surface area is 145 Å². The number of aryl methyl sites for hydroxylation is 1. The van der Waals surface area contributed by atoms with Gasteiger partial charge in [-0.15, -0.1) is 0 Å². The lowest BCUT2D eigenvalue weighted by Gasteiger charge is -2.12. The van der Waals surface area contributed by atoms with E-state index in [1.165, 1.54) is 26.4 Å². The average molecular weight is 345 g/mol. The van der Waals surface area contributed by atoms with Crippen molar-refractivity contribution in [2.24, 2.45) is 0 Å². The number of nitrogens with one attached hydrogen (secondary N) is 1. The molecule has 132 valence electrons. The first-order valence-corrected chi connectivity index (χ1v) is 7.43. The lowest BCUT2D eigenvalue weighted by molar-refractivity contribution is -0.119. The Hall–Kier alpha value is -3.22. The predicted molar refractivity (Wildman–Crippen MR) is 91.3 cm³/mol. The Kier molecular flexibility index (Phi) is 5.84. The number of carbonyl (C=O) groups excluding carboxylic acids is 2. The van der Waals surface area contributed by atoms with Crippen LogP contribution in [0.3, 0.4) is 0 Å². The highest BCUT2D eigenvalue weighted by atomic mass is 16.5. The van der Waals surface area contributed by atoms with Crippen LogP contribution in [-0.2, 0) is 9.53 Å². The van der Waals surface area contributed by atoms with Gasteiger partial charge in [-0.05, 0) is 31.2 Å². The molecule has 0 bridgehead atoms. The first-order valence-electron chi connectivity index (χ1n) is 7.43. The van der Waals surface area contributed by atoms with E-state index in [0.29, 0.717) is 17.2 Å². The maximum atomic E-state index is 12.0. The lowest BCUT2D eigenvalue weighted by Crippen LogP contribution is -2.21. The van der Waals surface area contributed by atoms with Crippen LogP contribution >= 0.6 is 0 Å². The number of benzene rings is 2. The van der Waals surface area contributed by atoms with Crippen LogP contribution in [0.15, 0.2) is 36.4 Å². The number of phenolic OH excluding ortho intramolecular Hbond substituents is 1. The van der Waals surface area contributed by atoms with Crippen LogP contribution in [0.2, 0.25) is 0 Å². The maximum Gasteiger partial charge on any atom is 0.342 e. The van der Waals surface area contributed by atoms with Crippen molar-refractivity contribution in [3.05, 3.63) is 47.5 Å². The quantitative estimate of drug-likeness (QED) is 0.781. The molecule has 0 spiro atoms. The van der Waals surface area contributed by atoms with E-state index in [1.54, 1.807) is 31.2 Å². The normalized spacial score (nSPS) is 10.0. The number of carbonyl (C=O) groups is 2. The molecule has 0 radical (unpaired) electrons. The van der Waals surface area contributed by atoms with Gasteiger partial charge in [0.1, 0.15) is 22.8 Å². The predicted octanol–water partition coefficient (Wildman–Crippen LogP) is 2.51. The van der Waals surface area contributed by atoms with Crippen LogP contribution in [0.25, 0.3) is 0 Å². The fraction of sp³-hybridized carbons (Fsp3) is 0.222. The zero-order chi connectivity index (χ0) is 18.4. The van der Waals surface area contributed by atoms with Crippen LogP contribution in [0, 0.1) is 6.92 Å². The molecule has 0 saturated heterocycles. The number of methoxy groups -OCH3 is 2. The van der Waals surface area contributed by atoms with E-state index in [1.807, 2.05) is 0 Å². The third-order valence-electron chi connectivity index (χ3n) is 3.39. The molecule has 0 aliphatic rings. The summed E-state index contributed by atoms with van der Waals surface area (Å²) in [6.07, 6.45) is 0. The molecule has 0 aliphatic carbocycles. The fourth-order valence-corrected chi connectivity index (χ4v) is 2.12. The highest BCUT2D eigenvalue weighted by Crippen LogP contribution is 2.28. The van der Waals surface area contributed by atoms with Crippen molar-refractivity contribution in [1.29, 1.82) is 0 Å². The number of amides is 1. The minimum absolute atomic E-state index is 0.00626. The number of anilines is 1. The van der Waals surface area contributed by atoms with Gasteiger partial charge in [0, 0.05) is 6.07 Å². The van der Waals surface area contributed by atoms with Crippen molar-refractivity contribution in [2.45, 2.75) is 6.92 Å². The molecule has 2 aromatic rings. The fourth-order valence-electron chi connectivity index (χ4n) is 2.12. The number of rotatable bonds is 6. The first kappa shape index (κ1) is 18.1. The summed E-state index contributed by atoms with van der Waals surface area (Å²) < 4.78 is 15.2. The number of hydrogen-bond donors (Lipinski definition) is 2. The van der Waals surface area contributed by atoms with Crippen molar-refractivity contribution < 1.29 is 28.9 Å². The molecule has 1 amide bonds. The van der Waals surface area contributed by atoms with Crippen LogP contribution in [0.1, 0.15) is 15.9 Å². The number of esters is 1. The minimum atomic E-state index is -0.783. The van der Waals surface area contributed by atoms with Gasteiger partial charge in [0.2, 0.25) is 0 Å². The first-order chi connectivity index (χ1) is 11.9. The summed E-state index contributed by atoms with van der Waals surface area (Å²) in [6, 6.07) is 9.47. The average Bonchev–Trinajstić information content (AvgIpc) is 2.61. The van der Waals surface area contributed by atoms with Crippen LogP contribution in [0.5, 0.6) is 17.2 Å². The molecule has 0 unspecified atom stereocenters. The van der Waals surface area contributed by atoms with E-state index in [0.717, 1.165) is 5.56 Å². The topological polar surface area (TPSA) is 94.1 Å². The molecule has 0 atom stereocenters. The van der Waals surface area contributed by atoms with Crippen LogP contribution in [0.4, 0.5) is 5.69 Å². The maximum absolute atomic E-state index is 12.0. The van der Waals surface area contributed by atoms with Gasteiger partial charge in [-0.2, -0.15) is 0 Å². The number of ether oxygens (including phenoxy) is 3. The molecular formula is C18H19NO6. The highest BCUT2D eigenvalue weighted by Gasteiger charge is 2.16. The molecule has 2 aromatic carbocycles. The highest BCUT2D eigenvalue weighted by molar-refractivity contribution is 5.97. The monoisotopic (exact) mass is 345 g/mol. The van der Waals surface area contributed by atoms with E-state index < -0.39 is 18.5 Å². The van der Waals surface area contributed by atoms with Gasteiger partial charge in [-0.25, -0.2) is 4.79 Å². The summed E-state index contributed by atoms with van der Waals surface area (Å²) >= 11 is 0. The van der Waals surface area contributed by atoms with Gasteiger partial charge in [0.05, 0.1) is 19.9 Å². The summed E-state index contributed by atoms with van der Waals surface area (Å²) in [5, 5.41) is 12.3. The summed E-state index contributed by atoms with van der Waals surface area (Å²) in [5.74, 6) is -0.555. The smallest absolute Gasteiger partial charge is 0.342 e. The molecule has 25 heavy (non-hydrogen) atoms. The third kappa shape index (κ3) is 4.63. The van der Waals surface area contributed by atoms with Crippen LogP contribution in [-0.4, -0.2) is 37.8 Å². The molecule has 0 aliphatic heterocycles. The van der Waals surface area contributed by atoms with Crippen molar-refractivity contribution in [2.75, 3.05) is 26.1 Å². The van der Waals surface area contributed by atoms with Crippen molar-refractivity contribution in [3.63, 3.8) is 0 Å². The molecule has 0 saturated carbocycles. The molecular weight excluding hydrogens is 326 g/mol. The lowest BCUT2D eigenvalue weighted by atomic mass is 10.1. The van der Waals surface area contributed by atoms with Gasteiger partial charge in [-0.3, -0.25) is 4.79 Å². The zero-order valence-electron chi connectivity index (χ0n) is 14.2. The van der Waals surface area contributed by atoms with E-state index in [9.17, 15) is 14.7 Å². The Morgan fingerprint density at radius 3 is 2.52 bits per heavy atom. The third-order valence-corrected chi connectivity index (χ3v) is 3.39. The standard InChI is InChI=1S/C18H19NO6/c1-11-4-6-15(20)13(8-11)18(22)25-10-17(21)19-14-9-12(23-2)5-7-16(14)24-3/h4-9,20H,10H2,1-3H3,(H,19,21). The van der Waals surface area contributed by atoms with E-state index in [2.05, 4.69) is 5.32 Å². The van der Waals surface area contributed by atoms with Crippen molar-refractivity contribution in [1.82, 2.24) is 0 Å². The number of hydrogen-bond acceptors (Lipinski definition) is 6. The van der Waals surface area contributed by atoms with Gasteiger partial charge < -0.3 is 24.6 Å². The second-order valence-corrected chi connectivity index (χ2v) is 5.21. The minimum Gasteiger partial charge on any atom is -0.507 e. The molecule has 0 fully saturated rings. The van der Waals surface area contributed by atoms with Gasteiger partial charge in [-0.1, -0.05) is 11.6 Å². The molecule has 7 heteroatoms. The molecule has 0 heterocycles. The number of phenols is 1. The molecule has 2 N–H and O–H groups in total. The summed E-state index contributed by atoms with van der Waals surface area (Å²) in [4.78, 5) is 24.0. The molecule has 0 aromatic heterocycles. The SMILES string of the molecule is COc1ccc(OC)c(NC(=O)COC(=O)c2cc(C)ccc2O)c1. The van der Waals surface area contributed by atoms with Gasteiger partial charge in [0.25, 0.3) is 5.91 Å². The Morgan fingerprint density at radius 1 is 1.08 bits per heavy atom. The second-order valence-electron chi connectivity index (χ2n) is 5.21. The van der Waals surface area contributed by atoms with Crippen molar-refractivity contribution >= 4 is 17.6 Å². The second kappa shape index (κ2) is 8.05. The van der Waals surface area contributed by atoms with E-state index in [-0.39, 0.29) is 11.3 Å². The Bertz CT molecular complexity index is 787. The molecule has 7 nitrogen and oxygen atoms in total. The zero-order valence-corrected chi connectivity index (χ0v) is 14.2. The largest absolute Gasteiger partial charge is 0.507 e. The number of aromatic hydroxyl groups is 1. The summed E-state index contributed by atoms with van der Waals surface area (Å²) in [6.45, 7) is 1.27. The van der Waals surface area contributed by atoms with E-state index >= 15 is 0 Å². The summed E-state index contributed by atoms with van der Waals surface area (Å²) in [7, 11) is 2.97. The Balaban J connectivity index is 2.01. The molecule has 2 rings (SSSR count). The van der Waals surface area contributed by atoms with E-state index in [4.69, 9.17) is 14.2 Å². The van der Waals surface area contributed by atoms with Gasteiger partial charge >= 0.3 is 5.97 Å². The van der Waals surface area contributed by atoms with Crippen molar-refractivity contribution in [3.8, 4) is 17.2 Å². The van der Waals surface area contributed by atoms with Gasteiger partial charge in [0.15, 0.2) is 6.61 Å².